The summed E-state index contributed by atoms with van der Waals surface area (Å²) in [4.78, 5) is 59.1. The monoisotopic (exact) mass is 650 g/mol. The smallest absolute Gasteiger partial charge is 0.332 e. The van der Waals surface area contributed by atoms with Gasteiger partial charge in [-0.2, -0.15) is 0 Å². The molecule has 12 heteroatoms. The summed E-state index contributed by atoms with van der Waals surface area (Å²) in [5.74, 6) is -1.65. The van der Waals surface area contributed by atoms with E-state index in [0.717, 1.165) is 5.56 Å². The van der Waals surface area contributed by atoms with Crippen LogP contribution in [0, 0.1) is 5.92 Å². The molecule has 48 heavy (non-hydrogen) atoms. The van der Waals surface area contributed by atoms with Gasteiger partial charge in [0.2, 0.25) is 19.7 Å². The van der Waals surface area contributed by atoms with Gasteiger partial charge in [0.1, 0.15) is 35.2 Å². The van der Waals surface area contributed by atoms with E-state index in [2.05, 4.69) is 23.8 Å². The molecule has 5 atom stereocenters. The van der Waals surface area contributed by atoms with Crippen molar-refractivity contribution >= 4 is 42.3 Å². The summed E-state index contributed by atoms with van der Waals surface area (Å²) >= 11 is 0. The number of pyridine rings is 1. The molecule has 2 aliphatic rings. The van der Waals surface area contributed by atoms with Gasteiger partial charge in [-0.3, -0.25) is 14.4 Å². The molecule has 2 heterocycles. The van der Waals surface area contributed by atoms with E-state index in [1.54, 1.807) is 32.3 Å². The molecule has 5 rings (SSSR count). The zero-order valence-electron chi connectivity index (χ0n) is 27.1. The van der Waals surface area contributed by atoms with Gasteiger partial charge in [0.25, 0.3) is 0 Å². The third-order valence-electron chi connectivity index (χ3n) is 8.75. The predicted molar refractivity (Wildman–Crippen MR) is 182 cm³/mol. The van der Waals surface area contributed by atoms with Crippen molar-refractivity contribution in [3.63, 3.8) is 0 Å². The van der Waals surface area contributed by atoms with Crippen LogP contribution in [0.4, 0.5) is 4.79 Å². The second kappa shape index (κ2) is 14.7. The molecule has 1 aliphatic heterocycles. The average Bonchev–Trinajstić information content (AvgIpc) is 3.65. The van der Waals surface area contributed by atoms with E-state index < -0.39 is 47.3 Å². The quantitative estimate of drug-likeness (QED) is 0.151. The zero-order chi connectivity index (χ0) is 34.4. The molecular weight excluding hydrogens is 611 g/mol. The van der Waals surface area contributed by atoms with E-state index in [1.807, 2.05) is 48.5 Å². The molecule has 1 saturated carbocycles. The highest BCUT2D eigenvalue weighted by molar-refractivity contribution is 6.57. The minimum absolute atomic E-state index is 0.0277. The fourth-order valence-corrected chi connectivity index (χ4v) is 6.19. The molecule has 1 saturated heterocycles. The van der Waals surface area contributed by atoms with Crippen LogP contribution in [-0.4, -0.2) is 85.3 Å². The molecule has 2 radical (unpaired) electrons. The molecule has 248 valence electrons. The van der Waals surface area contributed by atoms with Crippen molar-refractivity contribution in [3.05, 3.63) is 79.9 Å². The van der Waals surface area contributed by atoms with Gasteiger partial charge in [0.15, 0.2) is 5.81 Å². The number of ether oxygens (including phenoxy) is 3. The number of methoxy groups -OCH3 is 1. The number of carbonyl (C=O) groups excluding carboxylic acids is 4. The number of likely N-dealkylation sites (tertiary alicyclic amines) is 1. The maximum Gasteiger partial charge on any atom is 0.332 e. The number of hydrogen-bond acceptors (Lipinski definition) is 8. The van der Waals surface area contributed by atoms with Gasteiger partial charge in [-0.25, -0.2) is 9.78 Å². The summed E-state index contributed by atoms with van der Waals surface area (Å²) in [5.41, 5.74) is 0.922. The Morgan fingerprint density at radius 2 is 1.92 bits per heavy atom. The Morgan fingerprint density at radius 3 is 2.56 bits per heavy atom. The van der Waals surface area contributed by atoms with Crippen molar-refractivity contribution in [1.82, 2.24) is 20.5 Å². The van der Waals surface area contributed by atoms with Crippen LogP contribution in [0.5, 0.6) is 11.5 Å². The summed E-state index contributed by atoms with van der Waals surface area (Å²) in [7, 11) is 7.00. The van der Waals surface area contributed by atoms with Crippen molar-refractivity contribution in [3.8, 4) is 22.8 Å². The Labute approximate surface area is 281 Å². The van der Waals surface area contributed by atoms with E-state index in [1.165, 1.54) is 4.90 Å². The number of allylic oxidation sites excluding steroid dienone is 1. The van der Waals surface area contributed by atoms with Gasteiger partial charge < -0.3 is 29.7 Å². The van der Waals surface area contributed by atoms with Crippen LogP contribution in [-0.2, 0) is 19.1 Å². The van der Waals surface area contributed by atoms with Gasteiger partial charge in [-0.05, 0) is 38.3 Å². The van der Waals surface area contributed by atoms with E-state index in [4.69, 9.17) is 27.0 Å². The van der Waals surface area contributed by atoms with Crippen LogP contribution in [0.1, 0.15) is 32.6 Å². The standard InChI is InChI=1S/C36H39BN4O7/c1-5-8-14-27(39-35(37)45)33(43)41-21-25(18-30(41)32(42)40-36(20-23(36)6-2)34(44)47-7-3)48-31-19-28(22-12-10-9-11-13-22)38-29-17-24(46-4)15-16-26(29)31/h5-6,9-13,15-17,19,23,25,27,30H,1-2,7-8,14,18,20-21H2,3-4H3,(H,39,45)(H,40,42). The lowest BCUT2D eigenvalue weighted by atomic mass is 10.0. The fraction of sp³-hybridized carbons (Fsp3) is 0.361. The number of rotatable bonds is 14. The van der Waals surface area contributed by atoms with Crippen LogP contribution in [0.2, 0.25) is 0 Å². The Balaban J connectivity index is 1.49. The summed E-state index contributed by atoms with van der Waals surface area (Å²) in [6.07, 6.45) is 3.69. The lowest BCUT2D eigenvalue weighted by Crippen LogP contribution is -2.56. The topological polar surface area (TPSA) is 136 Å². The van der Waals surface area contributed by atoms with E-state index in [0.29, 0.717) is 40.9 Å². The highest BCUT2D eigenvalue weighted by Crippen LogP contribution is 2.46. The maximum atomic E-state index is 14.0. The van der Waals surface area contributed by atoms with Crippen LogP contribution in [0.15, 0.2) is 79.9 Å². The molecule has 2 N–H and O–H groups in total. The molecular formula is C36H39BN4O7. The molecule has 0 spiro atoms. The largest absolute Gasteiger partial charge is 0.497 e. The van der Waals surface area contributed by atoms with Crippen LogP contribution in [0.25, 0.3) is 22.2 Å². The van der Waals surface area contributed by atoms with Crippen molar-refractivity contribution in [2.24, 2.45) is 5.92 Å². The molecule has 3 aromatic rings. The van der Waals surface area contributed by atoms with Gasteiger partial charge >= 0.3 is 5.97 Å². The second-order valence-corrected chi connectivity index (χ2v) is 11.9. The van der Waals surface area contributed by atoms with Crippen molar-refractivity contribution in [1.29, 1.82) is 0 Å². The third kappa shape index (κ3) is 7.22. The first-order chi connectivity index (χ1) is 23.1. The number of carbonyl (C=O) groups is 4. The Bertz CT molecular complexity index is 1720. The van der Waals surface area contributed by atoms with Crippen LogP contribution >= 0.6 is 0 Å². The van der Waals surface area contributed by atoms with E-state index in [-0.39, 0.29) is 31.9 Å². The van der Waals surface area contributed by atoms with Crippen molar-refractivity contribution < 1.29 is 33.4 Å². The lowest BCUT2D eigenvalue weighted by molar-refractivity contribution is -0.150. The molecule has 2 aromatic carbocycles. The van der Waals surface area contributed by atoms with Gasteiger partial charge in [0.05, 0.1) is 31.5 Å². The first-order valence-electron chi connectivity index (χ1n) is 15.9. The molecule has 0 bridgehead atoms. The number of nitrogens with zero attached hydrogens (tertiary/aromatic N) is 2. The maximum absolute atomic E-state index is 14.0. The Morgan fingerprint density at radius 1 is 1.15 bits per heavy atom. The van der Waals surface area contributed by atoms with Gasteiger partial charge in [-0.15, -0.1) is 13.2 Å². The van der Waals surface area contributed by atoms with Crippen LogP contribution < -0.4 is 20.1 Å². The number of amides is 3. The summed E-state index contributed by atoms with van der Waals surface area (Å²) < 4.78 is 17.3. The first-order valence-corrected chi connectivity index (χ1v) is 15.9. The molecule has 3 amide bonds. The highest BCUT2D eigenvalue weighted by Gasteiger charge is 2.62. The zero-order valence-corrected chi connectivity index (χ0v) is 27.1. The SMILES string of the molecule is [B]C(=O)NC(CCC=C)C(=O)N1CC(Oc2cc(-c3ccccc3)nc3cc(OC)ccc23)CC1C(=O)NC1(C(=O)OCC)CC1C=C. The normalized spacial score (nSPS) is 21.9. The summed E-state index contributed by atoms with van der Waals surface area (Å²) in [5, 5.41) is 6.10. The summed E-state index contributed by atoms with van der Waals surface area (Å²) in [6, 6.07) is 14.9. The van der Waals surface area contributed by atoms with Gasteiger partial charge in [-0.1, -0.05) is 42.5 Å². The number of benzene rings is 2. The Hall–Kier alpha value is -5.13. The minimum atomic E-state index is -1.26. The number of hydrogen-bond donors (Lipinski definition) is 2. The minimum Gasteiger partial charge on any atom is -0.497 e. The molecule has 11 nitrogen and oxygen atoms in total. The number of esters is 1. The average molecular weight is 651 g/mol. The van der Waals surface area contributed by atoms with E-state index in [9.17, 15) is 19.2 Å². The Kier molecular flexibility index (Phi) is 10.5. The molecule has 1 aliphatic carbocycles. The van der Waals surface area contributed by atoms with Crippen molar-refractivity contribution in [2.75, 3.05) is 20.3 Å². The number of aromatic nitrogens is 1. The number of nitrogens with one attached hydrogen (secondary N) is 2. The lowest BCUT2D eigenvalue weighted by Gasteiger charge is -2.29. The molecule has 5 unspecified atom stereocenters. The predicted octanol–water partition coefficient (Wildman–Crippen LogP) is 4.10. The highest BCUT2D eigenvalue weighted by atomic mass is 16.5. The molecule has 1 aromatic heterocycles. The van der Waals surface area contributed by atoms with E-state index >= 15 is 0 Å². The fourth-order valence-electron chi connectivity index (χ4n) is 6.19. The van der Waals surface area contributed by atoms with Crippen molar-refractivity contribution in [2.45, 2.75) is 56.3 Å². The second-order valence-electron chi connectivity index (χ2n) is 11.9. The van der Waals surface area contributed by atoms with Gasteiger partial charge in [0, 0.05) is 35.4 Å². The first kappa shape index (κ1) is 34.2. The number of fused-ring (bicyclic) bond motifs is 1. The van der Waals surface area contributed by atoms with Crippen LogP contribution in [0.3, 0.4) is 0 Å². The summed E-state index contributed by atoms with van der Waals surface area (Å²) in [6.45, 7) is 9.37. The third-order valence-corrected chi connectivity index (χ3v) is 8.75. The molecule has 2 fully saturated rings.